The zero-order valence-electron chi connectivity index (χ0n) is 11.5. The van der Waals surface area contributed by atoms with Crippen molar-refractivity contribution in [3.8, 4) is 5.75 Å². The first-order valence-electron chi connectivity index (χ1n) is 6.49. The molecule has 4 nitrogen and oxygen atoms in total. The Morgan fingerprint density at radius 2 is 1.68 bits per heavy atom. The summed E-state index contributed by atoms with van der Waals surface area (Å²) in [5, 5.41) is 8.59. The van der Waals surface area contributed by atoms with Gasteiger partial charge in [-0.1, -0.05) is 18.2 Å². The molecule has 0 bridgehead atoms. The molecular weight excluding hydrogens is 287 g/mol. The van der Waals surface area contributed by atoms with E-state index in [2.05, 4.69) is 0 Å². The van der Waals surface area contributed by atoms with E-state index in [-0.39, 0.29) is 11.4 Å². The molecule has 0 aliphatic rings. The lowest BCUT2D eigenvalue weighted by atomic mass is 10.1. The van der Waals surface area contributed by atoms with Gasteiger partial charge in [0, 0.05) is 5.56 Å². The summed E-state index contributed by atoms with van der Waals surface area (Å²) in [5.41, 5.74) is 0.953. The van der Waals surface area contributed by atoms with E-state index in [4.69, 9.17) is 9.84 Å². The van der Waals surface area contributed by atoms with Crippen LogP contribution in [0.1, 0.15) is 15.9 Å². The van der Waals surface area contributed by atoms with E-state index < -0.39 is 11.8 Å². The number of carboxylic acid groups (broad SMARTS) is 1. The molecule has 0 unspecified atom stereocenters. The Balaban J connectivity index is 1.88. The number of carbonyl (C=O) groups is 2. The first kappa shape index (κ1) is 15.4. The van der Waals surface area contributed by atoms with Gasteiger partial charge in [-0.15, -0.1) is 0 Å². The Kier molecular flexibility index (Phi) is 5.03. The van der Waals surface area contributed by atoms with E-state index in [0.29, 0.717) is 12.4 Å². The molecule has 1 N–H and O–H groups in total. The van der Waals surface area contributed by atoms with Gasteiger partial charge >= 0.3 is 5.97 Å². The lowest BCUT2D eigenvalue weighted by Crippen LogP contribution is -2.12. The van der Waals surface area contributed by atoms with Crippen molar-refractivity contribution in [1.29, 1.82) is 0 Å². The van der Waals surface area contributed by atoms with Crippen molar-refractivity contribution >= 4 is 17.8 Å². The Hall–Kier alpha value is -2.95. The van der Waals surface area contributed by atoms with E-state index in [1.54, 1.807) is 24.3 Å². The number of carboxylic acids is 1. The molecule has 5 heteroatoms. The second-order valence-electron chi connectivity index (χ2n) is 4.42. The molecule has 2 rings (SSSR count). The van der Waals surface area contributed by atoms with Crippen LogP contribution in [-0.2, 0) is 4.79 Å². The average Bonchev–Trinajstić information content (AvgIpc) is 2.53. The molecule has 0 saturated heterocycles. The number of Topliss-reactive ketones (excluding diaryl/α,β-unsaturated/α-hetero) is 1. The SMILES string of the molecule is O=C(O)C(=O)c1ccc(OCC=Cc2ccc(F)cc2)cc1. The van der Waals surface area contributed by atoms with Crippen molar-refractivity contribution in [2.75, 3.05) is 6.61 Å². The standard InChI is InChI=1S/C17H13FO4/c18-14-7-3-12(4-8-14)2-1-11-22-15-9-5-13(6-10-15)16(19)17(20)21/h1-10H,11H2,(H,20,21). The largest absolute Gasteiger partial charge is 0.490 e. The number of benzene rings is 2. The lowest BCUT2D eigenvalue weighted by molar-refractivity contribution is -0.131. The number of aliphatic carboxylic acids is 1. The number of rotatable bonds is 6. The van der Waals surface area contributed by atoms with Crippen molar-refractivity contribution in [3.05, 3.63) is 71.6 Å². The monoisotopic (exact) mass is 300 g/mol. The van der Waals surface area contributed by atoms with Crippen LogP contribution in [0.5, 0.6) is 5.75 Å². The number of ketones is 1. The summed E-state index contributed by atoms with van der Waals surface area (Å²) in [4.78, 5) is 21.8. The fourth-order valence-electron chi connectivity index (χ4n) is 1.73. The van der Waals surface area contributed by atoms with Gasteiger partial charge in [0.1, 0.15) is 18.2 Å². The van der Waals surface area contributed by atoms with Gasteiger partial charge in [0.05, 0.1) is 0 Å². The first-order chi connectivity index (χ1) is 10.6. The topological polar surface area (TPSA) is 63.6 Å². The maximum absolute atomic E-state index is 12.7. The maximum Gasteiger partial charge on any atom is 0.377 e. The van der Waals surface area contributed by atoms with Crippen LogP contribution >= 0.6 is 0 Å². The van der Waals surface area contributed by atoms with E-state index in [1.165, 1.54) is 36.4 Å². The third-order valence-corrected chi connectivity index (χ3v) is 2.84. The fourth-order valence-corrected chi connectivity index (χ4v) is 1.73. The van der Waals surface area contributed by atoms with Gasteiger partial charge in [0.25, 0.3) is 5.78 Å². The highest BCUT2D eigenvalue weighted by Gasteiger charge is 2.13. The van der Waals surface area contributed by atoms with Crippen LogP contribution in [0.15, 0.2) is 54.6 Å². The summed E-state index contributed by atoms with van der Waals surface area (Å²) in [7, 11) is 0. The van der Waals surface area contributed by atoms with E-state index >= 15 is 0 Å². The number of hydrogen-bond donors (Lipinski definition) is 1. The van der Waals surface area contributed by atoms with Crippen LogP contribution in [0.4, 0.5) is 4.39 Å². The Morgan fingerprint density at radius 1 is 1.05 bits per heavy atom. The highest BCUT2D eigenvalue weighted by atomic mass is 19.1. The number of hydrogen-bond acceptors (Lipinski definition) is 3. The minimum atomic E-state index is -1.49. The zero-order valence-corrected chi connectivity index (χ0v) is 11.5. The summed E-state index contributed by atoms with van der Waals surface area (Å²) >= 11 is 0. The maximum atomic E-state index is 12.7. The third-order valence-electron chi connectivity index (χ3n) is 2.84. The zero-order chi connectivity index (χ0) is 15.9. The first-order valence-corrected chi connectivity index (χ1v) is 6.49. The Morgan fingerprint density at radius 3 is 2.27 bits per heavy atom. The summed E-state index contributed by atoms with van der Waals surface area (Å²) in [5.74, 6) is -2.21. The Bertz CT molecular complexity index is 688. The van der Waals surface area contributed by atoms with Crippen molar-refractivity contribution in [2.45, 2.75) is 0 Å². The van der Waals surface area contributed by atoms with E-state index in [9.17, 15) is 14.0 Å². The minimum Gasteiger partial charge on any atom is -0.490 e. The smallest absolute Gasteiger partial charge is 0.377 e. The van der Waals surface area contributed by atoms with Gasteiger partial charge in [-0.25, -0.2) is 9.18 Å². The second-order valence-corrected chi connectivity index (χ2v) is 4.42. The summed E-state index contributed by atoms with van der Waals surface area (Å²) in [6.45, 7) is 0.295. The molecule has 0 saturated carbocycles. The molecular formula is C17H13FO4. The minimum absolute atomic E-state index is 0.0988. The molecule has 0 aliphatic carbocycles. The van der Waals surface area contributed by atoms with Crippen LogP contribution in [0.2, 0.25) is 0 Å². The molecule has 22 heavy (non-hydrogen) atoms. The van der Waals surface area contributed by atoms with Crippen molar-refractivity contribution in [2.24, 2.45) is 0 Å². The summed E-state index contributed by atoms with van der Waals surface area (Å²) in [6, 6.07) is 11.9. The molecule has 0 fully saturated rings. The summed E-state index contributed by atoms with van der Waals surface area (Å²) in [6.07, 6.45) is 3.56. The van der Waals surface area contributed by atoms with E-state index in [0.717, 1.165) is 5.56 Å². The fraction of sp³-hybridized carbons (Fsp3) is 0.0588. The van der Waals surface area contributed by atoms with Gasteiger partial charge in [-0.2, -0.15) is 0 Å². The lowest BCUT2D eigenvalue weighted by Gasteiger charge is -2.03. The van der Waals surface area contributed by atoms with Crippen LogP contribution in [-0.4, -0.2) is 23.5 Å². The molecule has 0 radical (unpaired) electrons. The molecule has 2 aromatic rings. The Labute approximate surface area is 126 Å². The van der Waals surface area contributed by atoms with Crippen LogP contribution in [0.3, 0.4) is 0 Å². The second kappa shape index (κ2) is 7.17. The van der Waals surface area contributed by atoms with Crippen LogP contribution < -0.4 is 4.74 Å². The van der Waals surface area contributed by atoms with Crippen LogP contribution in [0.25, 0.3) is 6.08 Å². The van der Waals surface area contributed by atoms with Crippen molar-refractivity contribution in [3.63, 3.8) is 0 Å². The van der Waals surface area contributed by atoms with Gasteiger partial charge < -0.3 is 9.84 Å². The number of halogens is 1. The summed E-state index contributed by atoms with van der Waals surface area (Å²) < 4.78 is 18.2. The number of ether oxygens (including phenoxy) is 1. The molecule has 0 spiro atoms. The van der Waals surface area contributed by atoms with Gasteiger partial charge in [0.15, 0.2) is 0 Å². The van der Waals surface area contributed by atoms with Gasteiger partial charge in [-0.3, -0.25) is 4.79 Å². The highest BCUT2D eigenvalue weighted by molar-refractivity contribution is 6.39. The average molecular weight is 300 g/mol. The molecule has 2 aromatic carbocycles. The van der Waals surface area contributed by atoms with Crippen molar-refractivity contribution < 1.29 is 23.8 Å². The highest BCUT2D eigenvalue weighted by Crippen LogP contribution is 2.13. The third kappa shape index (κ3) is 4.28. The predicted octanol–water partition coefficient (Wildman–Crippen LogP) is 3.19. The van der Waals surface area contributed by atoms with Crippen LogP contribution in [0, 0.1) is 5.82 Å². The number of carbonyl (C=O) groups excluding carboxylic acids is 1. The quantitative estimate of drug-likeness (QED) is 0.657. The molecule has 0 heterocycles. The van der Waals surface area contributed by atoms with Gasteiger partial charge in [-0.05, 0) is 48.0 Å². The normalized spacial score (nSPS) is 10.6. The predicted molar refractivity (Wildman–Crippen MR) is 79.3 cm³/mol. The molecule has 0 aromatic heterocycles. The van der Waals surface area contributed by atoms with E-state index in [1.807, 2.05) is 0 Å². The van der Waals surface area contributed by atoms with Crippen molar-refractivity contribution in [1.82, 2.24) is 0 Å². The molecule has 0 aliphatic heterocycles. The molecule has 0 amide bonds. The molecule has 112 valence electrons. The van der Waals surface area contributed by atoms with Gasteiger partial charge in [0.2, 0.25) is 0 Å². The molecule has 0 atom stereocenters.